The predicted molar refractivity (Wildman–Crippen MR) is 93.5 cm³/mol. The van der Waals surface area contributed by atoms with Crippen LogP contribution in [-0.2, 0) is 5.41 Å². The Morgan fingerprint density at radius 3 is 2.43 bits per heavy atom. The molecule has 0 radical (unpaired) electrons. The summed E-state index contributed by atoms with van der Waals surface area (Å²) >= 11 is 5.48. The average Bonchev–Trinajstić information content (AvgIpc) is 2.46. The molecule has 0 heterocycles. The van der Waals surface area contributed by atoms with Gasteiger partial charge in [0.05, 0.1) is 7.11 Å². The number of anilines is 1. The molecule has 0 saturated carbocycles. The van der Waals surface area contributed by atoms with E-state index in [4.69, 9.17) is 17.0 Å². The minimum absolute atomic E-state index is 0.120. The van der Waals surface area contributed by atoms with Gasteiger partial charge in [0.1, 0.15) is 10.7 Å². The summed E-state index contributed by atoms with van der Waals surface area (Å²) in [7, 11) is 1.66. The van der Waals surface area contributed by atoms with E-state index < -0.39 is 0 Å². The van der Waals surface area contributed by atoms with Gasteiger partial charge in [-0.15, -0.1) is 0 Å². The van der Waals surface area contributed by atoms with Crippen LogP contribution in [0.5, 0.6) is 5.75 Å². The van der Waals surface area contributed by atoms with Gasteiger partial charge in [-0.05, 0) is 35.2 Å². The summed E-state index contributed by atoms with van der Waals surface area (Å²) in [5.74, 6) is 0.806. The van der Waals surface area contributed by atoms with Crippen molar-refractivity contribution in [2.45, 2.75) is 26.2 Å². The lowest BCUT2D eigenvalue weighted by Gasteiger charge is -2.20. The molecule has 2 aromatic carbocycles. The fourth-order valence-corrected chi connectivity index (χ4v) is 2.28. The van der Waals surface area contributed by atoms with Gasteiger partial charge in [0, 0.05) is 11.3 Å². The van der Waals surface area contributed by atoms with E-state index in [0.29, 0.717) is 4.99 Å². The summed E-state index contributed by atoms with van der Waals surface area (Å²) in [5, 5.41) is 3.30. The molecule has 1 N–H and O–H groups in total. The van der Waals surface area contributed by atoms with E-state index in [0.717, 1.165) is 17.0 Å². The van der Waals surface area contributed by atoms with Gasteiger partial charge >= 0.3 is 0 Å². The van der Waals surface area contributed by atoms with Crippen molar-refractivity contribution in [2.24, 2.45) is 0 Å². The second kappa shape index (κ2) is 6.27. The molecular formula is C18H21NOS. The van der Waals surface area contributed by atoms with Crippen molar-refractivity contribution in [2.75, 3.05) is 12.4 Å². The van der Waals surface area contributed by atoms with Crippen LogP contribution in [0.1, 0.15) is 31.9 Å². The van der Waals surface area contributed by atoms with Gasteiger partial charge in [0.25, 0.3) is 0 Å². The standard InChI is InChI=1S/C18H21NOS/c1-18(2,3)14-8-6-9-15(12-14)19-17(21)13-7-5-10-16(11-13)20-4/h5-12H,1-4H3,(H,19,21). The van der Waals surface area contributed by atoms with Crippen molar-refractivity contribution >= 4 is 22.9 Å². The third-order valence-electron chi connectivity index (χ3n) is 3.32. The van der Waals surface area contributed by atoms with Crippen LogP contribution in [-0.4, -0.2) is 12.1 Å². The quantitative estimate of drug-likeness (QED) is 0.824. The molecule has 0 aromatic heterocycles. The molecule has 0 bridgehead atoms. The van der Waals surface area contributed by atoms with Gasteiger partial charge in [0.15, 0.2) is 0 Å². The summed E-state index contributed by atoms with van der Waals surface area (Å²) in [5.41, 5.74) is 3.36. The van der Waals surface area contributed by atoms with Gasteiger partial charge in [-0.2, -0.15) is 0 Å². The predicted octanol–water partition coefficient (Wildman–Crippen LogP) is 4.78. The highest BCUT2D eigenvalue weighted by Crippen LogP contribution is 2.25. The van der Waals surface area contributed by atoms with Crippen molar-refractivity contribution in [1.29, 1.82) is 0 Å². The highest BCUT2D eigenvalue weighted by atomic mass is 32.1. The molecule has 0 fully saturated rings. The molecule has 3 heteroatoms. The number of benzene rings is 2. The zero-order valence-corrected chi connectivity index (χ0v) is 13.8. The van der Waals surface area contributed by atoms with Crippen LogP contribution in [0.4, 0.5) is 5.69 Å². The number of rotatable bonds is 3. The second-order valence-corrected chi connectivity index (χ2v) is 6.43. The lowest BCUT2D eigenvalue weighted by molar-refractivity contribution is 0.414. The number of methoxy groups -OCH3 is 1. The van der Waals surface area contributed by atoms with Gasteiger partial charge in [0.2, 0.25) is 0 Å². The lowest BCUT2D eigenvalue weighted by Crippen LogP contribution is -2.14. The van der Waals surface area contributed by atoms with Crippen LogP contribution < -0.4 is 10.1 Å². The molecule has 110 valence electrons. The molecule has 2 rings (SSSR count). The number of ether oxygens (including phenoxy) is 1. The smallest absolute Gasteiger partial charge is 0.119 e. The van der Waals surface area contributed by atoms with Crippen molar-refractivity contribution < 1.29 is 4.74 Å². The van der Waals surface area contributed by atoms with Crippen molar-refractivity contribution in [3.05, 3.63) is 59.7 Å². The van der Waals surface area contributed by atoms with E-state index in [1.54, 1.807) is 7.11 Å². The number of thiocarbonyl (C=S) groups is 1. The molecule has 0 atom stereocenters. The van der Waals surface area contributed by atoms with E-state index in [1.807, 2.05) is 30.3 Å². The van der Waals surface area contributed by atoms with Crippen LogP contribution >= 0.6 is 12.2 Å². The number of hydrogen-bond donors (Lipinski definition) is 1. The van der Waals surface area contributed by atoms with Crippen LogP contribution in [0.25, 0.3) is 0 Å². The highest BCUT2D eigenvalue weighted by molar-refractivity contribution is 7.81. The van der Waals surface area contributed by atoms with Crippen LogP contribution in [0, 0.1) is 0 Å². The highest BCUT2D eigenvalue weighted by Gasteiger charge is 2.14. The molecule has 0 amide bonds. The number of hydrogen-bond acceptors (Lipinski definition) is 2. The van der Waals surface area contributed by atoms with Crippen molar-refractivity contribution in [3.63, 3.8) is 0 Å². The number of nitrogens with one attached hydrogen (secondary N) is 1. The van der Waals surface area contributed by atoms with E-state index in [-0.39, 0.29) is 5.41 Å². The first-order valence-electron chi connectivity index (χ1n) is 6.96. The zero-order valence-electron chi connectivity index (χ0n) is 12.9. The van der Waals surface area contributed by atoms with Crippen LogP contribution in [0.15, 0.2) is 48.5 Å². The Labute approximate surface area is 132 Å². The summed E-state index contributed by atoms with van der Waals surface area (Å²) in [6, 6.07) is 16.1. The average molecular weight is 299 g/mol. The maximum absolute atomic E-state index is 5.48. The second-order valence-electron chi connectivity index (χ2n) is 6.02. The Morgan fingerprint density at radius 1 is 1.05 bits per heavy atom. The van der Waals surface area contributed by atoms with E-state index in [9.17, 15) is 0 Å². The van der Waals surface area contributed by atoms with Crippen molar-refractivity contribution in [1.82, 2.24) is 0 Å². The first kappa shape index (κ1) is 15.5. The summed E-state index contributed by atoms with van der Waals surface area (Å²) in [6.07, 6.45) is 0. The SMILES string of the molecule is COc1cccc(C(=S)Nc2cccc(C(C)(C)C)c2)c1. The molecular weight excluding hydrogens is 278 g/mol. The fraction of sp³-hybridized carbons (Fsp3) is 0.278. The molecule has 2 nitrogen and oxygen atoms in total. The fourth-order valence-electron chi connectivity index (χ4n) is 2.03. The Balaban J connectivity index is 2.19. The van der Waals surface area contributed by atoms with Gasteiger partial charge < -0.3 is 10.1 Å². The molecule has 0 aliphatic carbocycles. The zero-order chi connectivity index (χ0) is 15.5. The largest absolute Gasteiger partial charge is 0.497 e. The molecule has 0 unspecified atom stereocenters. The summed E-state index contributed by atoms with van der Waals surface area (Å²) < 4.78 is 5.23. The first-order valence-corrected chi connectivity index (χ1v) is 7.37. The molecule has 2 aromatic rings. The molecule has 0 aliphatic rings. The van der Waals surface area contributed by atoms with Gasteiger partial charge in [-0.1, -0.05) is 57.3 Å². The van der Waals surface area contributed by atoms with E-state index >= 15 is 0 Å². The Bertz CT molecular complexity index is 644. The Kier molecular flexibility index (Phi) is 4.63. The maximum Gasteiger partial charge on any atom is 0.119 e. The first-order chi connectivity index (χ1) is 9.90. The third-order valence-corrected chi connectivity index (χ3v) is 3.66. The minimum Gasteiger partial charge on any atom is -0.497 e. The monoisotopic (exact) mass is 299 g/mol. The molecule has 21 heavy (non-hydrogen) atoms. The Morgan fingerprint density at radius 2 is 1.76 bits per heavy atom. The lowest BCUT2D eigenvalue weighted by atomic mass is 9.87. The summed E-state index contributed by atoms with van der Waals surface area (Å²) in [4.78, 5) is 0.694. The summed E-state index contributed by atoms with van der Waals surface area (Å²) in [6.45, 7) is 6.60. The molecule has 0 spiro atoms. The normalized spacial score (nSPS) is 11.0. The van der Waals surface area contributed by atoms with Gasteiger partial charge in [-0.25, -0.2) is 0 Å². The minimum atomic E-state index is 0.120. The van der Waals surface area contributed by atoms with E-state index in [2.05, 4.69) is 44.3 Å². The van der Waals surface area contributed by atoms with Crippen LogP contribution in [0.3, 0.4) is 0 Å². The third kappa shape index (κ3) is 4.05. The molecule has 0 aliphatic heterocycles. The molecule has 0 saturated heterocycles. The van der Waals surface area contributed by atoms with E-state index in [1.165, 1.54) is 5.56 Å². The van der Waals surface area contributed by atoms with Crippen molar-refractivity contribution in [3.8, 4) is 5.75 Å². The maximum atomic E-state index is 5.48. The van der Waals surface area contributed by atoms with Gasteiger partial charge in [-0.3, -0.25) is 0 Å². The topological polar surface area (TPSA) is 21.3 Å². The van der Waals surface area contributed by atoms with Crippen LogP contribution in [0.2, 0.25) is 0 Å². The Hall–Kier alpha value is -1.87.